The first kappa shape index (κ1) is 21.6. The maximum absolute atomic E-state index is 12.3. The van der Waals surface area contributed by atoms with E-state index in [0.29, 0.717) is 52.5 Å². The number of carboxylic acid groups (broad SMARTS) is 1. The maximum atomic E-state index is 12.3. The lowest BCUT2D eigenvalue weighted by Gasteiger charge is -2.30. The molecule has 1 aliphatic heterocycles. The van der Waals surface area contributed by atoms with Crippen molar-refractivity contribution >= 4 is 28.5 Å². The highest BCUT2D eigenvalue weighted by molar-refractivity contribution is 6.06. The number of hydrogen-bond acceptors (Lipinski definition) is 6. The van der Waals surface area contributed by atoms with E-state index in [9.17, 15) is 9.90 Å². The van der Waals surface area contributed by atoms with E-state index >= 15 is 0 Å². The molecule has 0 unspecified atom stereocenters. The van der Waals surface area contributed by atoms with Crippen LogP contribution in [0.5, 0.6) is 17.2 Å². The van der Waals surface area contributed by atoms with Crippen molar-refractivity contribution in [2.24, 2.45) is 0 Å². The Hall–Kier alpha value is -3.58. The van der Waals surface area contributed by atoms with E-state index in [1.54, 1.807) is 27.4 Å². The molecule has 32 heavy (non-hydrogen) atoms. The van der Waals surface area contributed by atoms with Gasteiger partial charge in [-0.2, -0.15) is 0 Å². The fraction of sp³-hybridized carbons (Fsp3) is 0.280. The molecule has 0 saturated carbocycles. The molecule has 2 aromatic carbocycles. The fourth-order valence-electron chi connectivity index (χ4n) is 4.20. The topological polar surface area (TPSA) is 81.1 Å². The van der Waals surface area contributed by atoms with Crippen molar-refractivity contribution in [2.75, 3.05) is 34.4 Å². The highest BCUT2D eigenvalue weighted by atomic mass is 16.5. The molecule has 0 amide bonds. The van der Waals surface area contributed by atoms with Crippen molar-refractivity contribution in [3.8, 4) is 17.2 Å². The van der Waals surface area contributed by atoms with E-state index in [-0.39, 0.29) is 0 Å². The lowest BCUT2D eigenvalue weighted by Crippen LogP contribution is -2.31. The normalized spacial score (nSPS) is 14.9. The average Bonchev–Trinajstić information content (AvgIpc) is 2.81. The summed E-state index contributed by atoms with van der Waals surface area (Å²) in [5.41, 5.74) is 4.15. The van der Waals surface area contributed by atoms with Gasteiger partial charge in [-0.3, -0.25) is 4.90 Å². The van der Waals surface area contributed by atoms with Crippen LogP contribution in [0.15, 0.2) is 36.4 Å². The van der Waals surface area contributed by atoms with Gasteiger partial charge in [-0.25, -0.2) is 9.78 Å². The number of methoxy groups -OCH3 is 3. The number of rotatable bonds is 6. The Morgan fingerprint density at radius 3 is 2.41 bits per heavy atom. The number of para-hydroxylation sites is 1. The number of pyridine rings is 1. The highest BCUT2D eigenvalue weighted by Gasteiger charge is 2.28. The molecule has 0 fully saturated rings. The SMILES string of the molecule is CCN1CC(=Cc2cc(OC)c(OC)cc2OC)c2nc3ccccc3c(C(=O)O)c2C1. The quantitative estimate of drug-likeness (QED) is 0.618. The fourth-order valence-corrected chi connectivity index (χ4v) is 4.20. The molecule has 0 saturated heterocycles. The molecule has 3 aromatic rings. The minimum atomic E-state index is -0.944. The zero-order valence-electron chi connectivity index (χ0n) is 18.6. The number of aromatic carboxylic acids is 1. The molecule has 7 heteroatoms. The number of hydrogen-bond donors (Lipinski definition) is 1. The number of aromatic nitrogens is 1. The third-order valence-corrected chi connectivity index (χ3v) is 5.80. The Morgan fingerprint density at radius 1 is 1.06 bits per heavy atom. The second kappa shape index (κ2) is 8.88. The second-order valence-electron chi connectivity index (χ2n) is 7.56. The van der Waals surface area contributed by atoms with Gasteiger partial charge >= 0.3 is 5.97 Å². The third kappa shape index (κ3) is 3.76. The lowest BCUT2D eigenvalue weighted by atomic mass is 9.92. The lowest BCUT2D eigenvalue weighted by molar-refractivity contribution is 0.0696. The third-order valence-electron chi connectivity index (χ3n) is 5.80. The number of fused-ring (bicyclic) bond motifs is 2. The van der Waals surface area contributed by atoms with Gasteiger partial charge in [0.05, 0.1) is 38.1 Å². The van der Waals surface area contributed by atoms with E-state index in [0.717, 1.165) is 23.2 Å². The number of carboxylic acids is 1. The molecular formula is C25H26N2O5. The molecule has 0 spiro atoms. The number of benzene rings is 2. The van der Waals surface area contributed by atoms with Crippen molar-refractivity contribution < 1.29 is 24.1 Å². The first-order valence-electron chi connectivity index (χ1n) is 10.4. The van der Waals surface area contributed by atoms with Crippen LogP contribution in [0.3, 0.4) is 0 Å². The van der Waals surface area contributed by atoms with Gasteiger partial charge in [0.15, 0.2) is 11.5 Å². The van der Waals surface area contributed by atoms with Gasteiger partial charge in [-0.1, -0.05) is 25.1 Å². The van der Waals surface area contributed by atoms with Crippen molar-refractivity contribution in [1.82, 2.24) is 9.88 Å². The number of carbonyl (C=O) groups is 1. The van der Waals surface area contributed by atoms with Crippen LogP contribution < -0.4 is 14.2 Å². The first-order valence-corrected chi connectivity index (χ1v) is 10.4. The highest BCUT2D eigenvalue weighted by Crippen LogP contribution is 2.39. The van der Waals surface area contributed by atoms with E-state index < -0.39 is 5.97 Å². The van der Waals surface area contributed by atoms with E-state index in [4.69, 9.17) is 19.2 Å². The number of ether oxygens (including phenoxy) is 3. The monoisotopic (exact) mass is 434 g/mol. The Labute approximate surface area is 186 Å². The molecule has 0 bridgehead atoms. The van der Waals surface area contributed by atoms with Gasteiger partial charge < -0.3 is 19.3 Å². The number of likely N-dealkylation sites (N-methyl/N-ethyl adjacent to an activating group) is 1. The predicted octanol–water partition coefficient (Wildman–Crippen LogP) is 4.33. The van der Waals surface area contributed by atoms with Crippen LogP contribution in [0.4, 0.5) is 0 Å². The van der Waals surface area contributed by atoms with Gasteiger partial charge in [0, 0.05) is 35.7 Å². The molecule has 1 aromatic heterocycles. The van der Waals surface area contributed by atoms with Crippen LogP contribution in [0.25, 0.3) is 22.6 Å². The molecule has 2 heterocycles. The summed E-state index contributed by atoms with van der Waals surface area (Å²) in [6.45, 7) is 4.03. The standard InChI is InChI=1S/C25H26N2O5/c1-5-27-13-16(10-15-11-21(31-3)22(32-4)12-20(15)30-2)24-18(14-27)23(25(28)29)17-8-6-7-9-19(17)26-24/h6-12H,5,13-14H2,1-4H3,(H,28,29). The van der Waals surface area contributed by atoms with E-state index in [1.165, 1.54) is 0 Å². The summed E-state index contributed by atoms with van der Waals surface area (Å²) in [5, 5.41) is 10.7. The average molecular weight is 434 g/mol. The van der Waals surface area contributed by atoms with Crippen LogP contribution in [0, 0.1) is 0 Å². The van der Waals surface area contributed by atoms with Gasteiger partial charge in [0.1, 0.15) is 5.75 Å². The van der Waals surface area contributed by atoms with Crippen molar-refractivity contribution in [3.05, 3.63) is 58.8 Å². The number of nitrogens with zero attached hydrogens (tertiary/aromatic N) is 2. The molecule has 0 aliphatic carbocycles. The maximum Gasteiger partial charge on any atom is 0.336 e. The summed E-state index contributed by atoms with van der Waals surface area (Å²) in [5.74, 6) is 0.842. The summed E-state index contributed by atoms with van der Waals surface area (Å²) in [7, 11) is 4.77. The minimum absolute atomic E-state index is 0.314. The summed E-state index contributed by atoms with van der Waals surface area (Å²) in [6.07, 6.45) is 1.99. The molecule has 166 valence electrons. The summed E-state index contributed by atoms with van der Waals surface area (Å²) in [4.78, 5) is 19.4. The summed E-state index contributed by atoms with van der Waals surface area (Å²) >= 11 is 0. The van der Waals surface area contributed by atoms with Gasteiger partial charge in [-0.15, -0.1) is 0 Å². The molecule has 0 atom stereocenters. The zero-order chi connectivity index (χ0) is 22.8. The minimum Gasteiger partial charge on any atom is -0.496 e. The summed E-state index contributed by atoms with van der Waals surface area (Å²) in [6, 6.07) is 11.0. The van der Waals surface area contributed by atoms with Crippen molar-refractivity contribution in [3.63, 3.8) is 0 Å². The molecule has 7 nitrogen and oxygen atoms in total. The smallest absolute Gasteiger partial charge is 0.336 e. The second-order valence-corrected chi connectivity index (χ2v) is 7.56. The van der Waals surface area contributed by atoms with Crippen LogP contribution >= 0.6 is 0 Å². The largest absolute Gasteiger partial charge is 0.496 e. The molecule has 0 radical (unpaired) electrons. The van der Waals surface area contributed by atoms with E-state index in [1.807, 2.05) is 36.4 Å². The van der Waals surface area contributed by atoms with Crippen LogP contribution in [0.1, 0.15) is 34.1 Å². The van der Waals surface area contributed by atoms with Crippen LogP contribution in [-0.2, 0) is 6.54 Å². The van der Waals surface area contributed by atoms with Gasteiger partial charge in [0.2, 0.25) is 0 Å². The van der Waals surface area contributed by atoms with Crippen LogP contribution in [-0.4, -0.2) is 55.4 Å². The Bertz CT molecular complexity index is 1220. The zero-order valence-corrected chi connectivity index (χ0v) is 18.6. The Morgan fingerprint density at radius 2 is 1.75 bits per heavy atom. The van der Waals surface area contributed by atoms with E-state index in [2.05, 4.69) is 11.8 Å². The Balaban J connectivity index is 1.98. The van der Waals surface area contributed by atoms with Crippen LogP contribution in [0.2, 0.25) is 0 Å². The summed E-state index contributed by atoms with van der Waals surface area (Å²) < 4.78 is 16.5. The molecule has 1 N–H and O–H groups in total. The van der Waals surface area contributed by atoms with Crippen molar-refractivity contribution in [2.45, 2.75) is 13.5 Å². The van der Waals surface area contributed by atoms with Crippen molar-refractivity contribution in [1.29, 1.82) is 0 Å². The molecule has 1 aliphatic rings. The Kier molecular flexibility index (Phi) is 6.01. The predicted molar refractivity (Wildman–Crippen MR) is 124 cm³/mol. The van der Waals surface area contributed by atoms with Gasteiger partial charge in [0.25, 0.3) is 0 Å². The molecule has 4 rings (SSSR count). The molecular weight excluding hydrogens is 408 g/mol. The van der Waals surface area contributed by atoms with Gasteiger partial charge in [-0.05, 0) is 30.3 Å². The first-order chi connectivity index (χ1) is 15.5.